The minimum absolute atomic E-state index is 0.235. The number of aromatic carboxylic acids is 1. The summed E-state index contributed by atoms with van der Waals surface area (Å²) in [5.41, 5.74) is 8.45. The zero-order valence-corrected chi connectivity index (χ0v) is 9.40. The Labute approximate surface area is 94.1 Å². The molecular weight excluding hydrogens is 206 g/mol. The topological polar surface area (TPSA) is 69.8 Å². The van der Waals surface area contributed by atoms with E-state index in [-0.39, 0.29) is 5.56 Å². The van der Waals surface area contributed by atoms with Crippen LogP contribution in [-0.2, 0) is 0 Å². The third kappa shape index (κ3) is 1.54. The highest BCUT2D eigenvalue weighted by atomic mass is 16.4. The molecule has 1 aliphatic heterocycles. The lowest BCUT2D eigenvalue weighted by Crippen LogP contribution is -2.37. The summed E-state index contributed by atoms with van der Waals surface area (Å²) in [6.07, 6.45) is 0. The third-order valence-electron chi connectivity index (χ3n) is 2.93. The van der Waals surface area contributed by atoms with Crippen LogP contribution in [-0.4, -0.2) is 38.3 Å². The molecule has 0 radical (unpaired) electrons. The molecule has 1 aliphatic rings. The number of rotatable bonds is 1. The van der Waals surface area contributed by atoms with Crippen molar-refractivity contribution >= 4 is 23.0 Å². The molecule has 16 heavy (non-hydrogen) atoms. The van der Waals surface area contributed by atoms with Crippen LogP contribution in [0, 0.1) is 0 Å². The van der Waals surface area contributed by atoms with E-state index in [0.29, 0.717) is 5.69 Å². The molecule has 1 aromatic carbocycles. The van der Waals surface area contributed by atoms with Gasteiger partial charge in [-0.05, 0) is 12.1 Å². The number of carboxylic acids is 1. The Hall–Kier alpha value is -1.91. The van der Waals surface area contributed by atoms with E-state index in [1.807, 2.05) is 19.0 Å². The lowest BCUT2D eigenvalue weighted by Gasteiger charge is -2.35. The Morgan fingerprint density at radius 2 is 1.94 bits per heavy atom. The molecule has 0 aromatic heterocycles. The van der Waals surface area contributed by atoms with Gasteiger partial charge in [0.05, 0.1) is 22.6 Å². The summed E-state index contributed by atoms with van der Waals surface area (Å²) in [5, 5.41) is 8.98. The van der Waals surface area contributed by atoms with Crippen molar-refractivity contribution in [2.75, 3.05) is 42.7 Å². The molecule has 86 valence electrons. The number of fused-ring (bicyclic) bond motifs is 1. The van der Waals surface area contributed by atoms with E-state index in [9.17, 15) is 4.79 Å². The van der Waals surface area contributed by atoms with Gasteiger partial charge < -0.3 is 20.6 Å². The normalized spacial score (nSPS) is 14.9. The number of nitrogens with two attached hydrogens (primary N) is 1. The molecular formula is C11H15N3O2. The number of carbonyl (C=O) groups is 1. The van der Waals surface area contributed by atoms with E-state index >= 15 is 0 Å². The Kier molecular flexibility index (Phi) is 2.38. The standard InChI is InChI=1S/C11H15N3O2/c1-13-3-4-14(2)10-8(12)5-7(11(15)16)6-9(10)13/h5-6H,3-4,12H2,1-2H3,(H,15,16). The maximum atomic E-state index is 10.9. The highest BCUT2D eigenvalue weighted by Gasteiger charge is 2.22. The van der Waals surface area contributed by atoms with Gasteiger partial charge in [0.25, 0.3) is 0 Å². The number of benzene rings is 1. The first-order valence-corrected chi connectivity index (χ1v) is 5.10. The van der Waals surface area contributed by atoms with Crippen LogP contribution in [0.15, 0.2) is 12.1 Å². The van der Waals surface area contributed by atoms with Gasteiger partial charge in [-0.25, -0.2) is 4.79 Å². The van der Waals surface area contributed by atoms with Crippen LogP contribution < -0.4 is 15.5 Å². The summed E-state index contributed by atoms with van der Waals surface area (Å²) in [5.74, 6) is -0.948. The van der Waals surface area contributed by atoms with Crippen molar-refractivity contribution in [2.45, 2.75) is 0 Å². The average molecular weight is 221 g/mol. The molecule has 0 bridgehead atoms. The van der Waals surface area contributed by atoms with Crippen molar-refractivity contribution in [3.8, 4) is 0 Å². The lowest BCUT2D eigenvalue weighted by atomic mass is 10.1. The second-order valence-electron chi connectivity index (χ2n) is 4.08. The van der Waals surface area contributed by atoms with Crippen LogP contribution in [0.3, 0.4) is 0 Å². The summed E-state index contributed by atoms with van der Waals surface area (Å²) in [4.78, 5) is 15.0. The summed E-state index contributed by atoms with van der Waals surface area (Å²) in [7, 11) is 3.90. The molecule has 0 saturated carbocycles. The largest absolute Gasteiger partial charge is 0.478 e. The first-order chi connectivity index (χ1) is 7.50. The lowest BCUT2D eigenvalue weighted by molar-refractivity contribution is 0.0697. The minimum Gasteiger partial charge on any atom is -0.478 e. The van der Waals surface area contributed by atoms with Gasteiger partial charge in [-0.3, -0.25) is 0 Å². The number of likely N-dealkylation sites (N-methyl/N-ethyl adjacent to an activating group) is 2. The average Bonchev–Trinajstić information content (AvgIpc) is 2.22. The Morgan fingerprint density at radius 3 is 2.56 bits per heavy atom. The van der Waals surface area contributed by atoms with E-state index in [1.54, 1.807) is 6.07 Å². The molecule has 0 spiro atoms. The van der Waals surface area contributed by atoms with E-state index in [0.717, 1.165) is 24.5 Å². The number of nitrogens with zero attached hydrogens (tertiary/aromatic N) is 2. The van der Waals surface area contributed by atoms with Crippen molar-refractivity contribution in [2.24, 2.45) is 0 Å². The molecule has 0 saturated heterocycles. The number of hydrogen-bond donors (Lipinski definition) is 2. The molecule has 5 nitrogen and oxygen atoms in total. The number of anilines is 3. The van der Waals surface area contributed by atoms with E-state index < -0.39 is 5.97 Å². The fourth-order valence-electron chi connectivity index (χ4n) is 2.00. The van der Waals surface area contributed by atoms with Gasteiger partial charge in [0, 0.05) is 27.2 Å². The molecule has 0 atom stereocenters. The molecule has 0 unspecified atom stereocenters. The highest BCUT2D eigenvalue weighted by molar-refractivity contribution is 5.95. The van der Waals surface area contributed by atoms with Gasteiger partial charge in [-0.1, -0.05) is 0 Å². The predicted molar refractivity (Wildman–Crippen MR) is 64.4 cm³/mol. The van der Waals surface area contributed by atoms with Crippen LogP contribution >= 0.6 is 0 Å². The Balaban J connectivity index is 2.61. The van der Waals surface area contributed by atoms with Crippen LogP contribution in [0.5, 0.6) is 0 Å². The summed E-state index contributed by atoms with van der Waals surface area (Å²) >= 11 is 0. The number of hydrogen-bond acceptors (Lipinski definition) is 4. The van der Waals surface area contributed by atoms with Crippen molar-refractivity contribution in [3.05, 3.63) is 17.7 Å². The monoisotopic (exact) mass is 221 g/mol. The van der Waals surface area contributed by atoms with Crippen LogP contribution in [0.25, 0.3) is 0 Å². The summed E-state index contributed by atoms with van der Waals surface area (Å²) in [6.45, 7) is 1.76. The Bertz CT molecular complexity index is 445. The van der Waals surface area contributed by atoms with Crippen LogP contribution in [0.4, 0.5) is 17.1 Å². The fraction of sp³-hybridized carbons (Fsp3) is 0.364. The van der Waals surface area contributed by atoms with Crippen LogP contribution in [0.1, 0.15) is 10.4 Å². The zero-order valence-electron chi connectivity index (χ0n) is 9.40. The molecule has 1 aromatic rings. The smallest absolute Gasteiger partial charge is 0.335 e. The molecule has 0 aliphatic carbocycles. The van der Waals surface area contributed by atoms with Gasteiger partial charge in [-0.15, -0.1) is 0 Å². The maximum Gasteiger partial charge on any atom is 0.335 e. The maximum absolute atomic E-state index is 10.9. The quantitative estimate of drug-likeness (QED) is 0.688. The van der Waals surface area contributed by atoms with Crippen molar-refractivity contribution in [1.29, 1.82) is 0 Å². The van der Waals surface area contributed by atoms with Crippen molar-refractivity contribution < 1.29 is 9.90 Å². The highest BCUT2D eigenvalue weighted by Crippen LogP contribution is 2.37. The zero-order chi connectivity index (χ0) is 11.9. The van der Waals surface area contributed by atoms with E-state index in [1.165, 1.54) is 6.07 Å². The molecule has 0 fully saturated rings. The second kappa shape index (κ2) is 3.59. The fourth-order valence-corrected chi connectivity index (χ4v) is 2.00. The molecule has 0 amide bonds. The molecule has 1 heterocycles. The SMILES string of the molecule is CN1CCN(C)c2c(N)cc(C(=O)O)cc21. The summed E-state index contributed by atoms with van der Waals surface area (Å²) < 4.78 is 0. The first-order valence-electron chi connectivity index (χ1n) is 5.10. The molecule has 5 heteroatoms. The predicted octanol–water partition coefficient (Wildman–Crippen LogP) is 0.853. The minimum atomic E-state index is -0.948. The van der Waals surface area contributed by atoms with E-state index in [2.05, 4.69) is 4.90 Å². The first kappa shape index (κ1) is 10.6. The molecule has 2 rings (SSSR count). The Morgan fingerprint density at radius 1 is 1.31 bits per heavy atom. The van der Waals surface area contributed by atoms with E-state index in [4.69, 9.17) is 10.8 Å². The van der Waals surface area contributed by atoms with Crippen molar-refractivity contribution in [1.82, 2.24) is 0 Å². The second-order valence-corrected chi connectivity index (χ2v) is 4.08. The van der Waals surface area contributed by atoms with Gasteiger partial charge >= 0.3 is 5.97 Å². The van der Waals surface area contributed by atoms with Crippen LogP contribution in [0.2, 0.25) is 0 Å². The number of carboxylic acid groups (broad SMARTS) is 1. The third-order valence-corrected chi connectivity index (χ3v) is 2.93. The van der Waals surface area contributed by atoms with Crippen molar-refractivity contribution in [3.63, 3.8) is 0 Å². The van der Waals surface area contributed by atoms with Gasteiger partial charge in [0.15, 0.2) is 0 Å². The summed E-state index contributed by atoms with van der Waals surface area (Å²) in [6, 6.07) is 3.18. The van der Waals surface area contributed by atoms with Gasteiger partial charge in [0.2, 0.25) is 0 Å². The van der Waals surface area contributed by atoms with Gasteiger partial charge in [-0.2, -0.15) is 0 Å². The number of nitrogen functional groups attached to an aromatic ring is 1. The van der Waals surface area contributed by atoms with Gasteiger partial charge in [0.1, 0.15) is 0 Å². The molecule has 3 N–H and O–H groups in total.